The average molecular weight is 449 g/mol. The minimum Gasteiger partial charge on any atom is -0.457 e. The second-order valence-electron chi connectivity index (χ2n) is 8.40. The first kappa shape index (κ1) is 22.3. The van der Waals surface area contributed by atoms with Crippen LogP contribution in [0.2, 0.25) is 0 Å². The van der Waals surface area contributed by atoms with Crippen molar-refractivity contribution < 1.29 is 14.3 Å². The lowest BCUT2D eigenvalue weighted by Gasteiger charge is -2.33. The Morgan fingerprint density at radius 2 is 1.81 bits per heavy atom. The molecular formula is C26H28N2O3S. The Balaban J connectivity index is 1.71. The fraction of sp³-hybridized carbons (Fsp3) is 0.346. The molecule has 0 saturated carbocycles. The third-order valence-electron chi connectivity index (χ3n) is 5.87. The standard InChI is InChI=1S/C26H28N2O3S/c1-5-21-24(29)28-23(20-13-11-19(12-14-20)16(2)3)22(17(4)27-26(28)32-21)25(30)31-15-18-9-7-6-8-10-18/h6-14,16,21,23H,5,15H2,1-4H3/t21-,23-/m0/s1. The fourth-order valence-electron chi connectivity index (χ4n) is 4.03. The van der Waals surface area contributed by atoms with Crippen molar-refractivity contribution in [3.05, 3.63) is 82.6 Å². The molecule has 0 radical (unpaired) electrons. The highest BCUT2D eigenvalue weighted by Gasteiger charge is 2.47. The Morgan fingerprint density at radius 1 is 1.12 bits per heavy atom. The first-order chi connectivity index (χ1) is 15.4. The number of allylic oxidation sites excluding steroid dienone is 1. The number of nitrogens with zero attached hydrogens (tertiary/aromatic N) is 2. The van der Waals surface area contributed by atoms with E-state index in [-0.39, 0.29) is 17.8 Å². The molecule has 2 aromatic carbocycles. The van der Waals surface area contributed by atoms with Crippen LogP contribution in [0.1, 0.15) is 62.8 Å². The number of aliphatic imine (C=N–C) groups is 1. The Labute approximate surface area is 193 Å². The summed E-state index contributed by atoms with van der Waals surface area (Å²) in [6.45, 7) is 8.28. The van der Waals surface area contributed by atoms with Crippen LogP contribution in [0.5, 0.6) is 0 Å². The SMILES string of the molecule is CC[C@@H]1SC2=NC(C)=C(C(=O)OCc3ccccc3)[C@H](c3ccc(C(C)C)cc3)N2C1=O. The molecule has 0 N–H and O–H groups in total. The zero-order valence-corrected chi connectivity index (χ0v) is 19.7. The Bertz CT molecular complexity index is 1070. The molecule has 0 spiro atoms. The minimum atomic E-state index is -0.538. The zero-order valence-electron chi connectivity index (χ0n) is 18.9. The lowest BCUT2D eigenvalue weighted by molar-refractivity contribution is -0.141. The summed E-state index contributed by atoms with van der Waals surface area (Å²) in [5, 5.41) is 0.482. The zero-order chi connectivity index (χ0) is 22.8. The molecule has 2 atom stereocenters. The quantitative estimate of drug-likeness (QED) is 0.541. The number of amidine groups is 1. The monoisotopic (exact) mass is 448 g/mol. The van der Waals surface area contributed by atoms with E-state index in [0.29, 0.717) is 28.8 Å². The Hall–Kier alpha value is -2.86. The molecule has 0 unspecified atom stereocenters. The summed E-state index contributed by atoms with van der Waals surface area (Å²) in [6.07, 6.45) is 0.713. The van der Waals surface area contributed by atoms with Crippen LogP contribution in [0.3, 0.4) is 0 Å². The molecule has 2 aliphatic rings. The number of amides is 1. The summed E-state index contributed by atoms with van der Waals surface area (Å²) in [5.74, 6) is -0.0477. The van der Waals surface area contributed by atoms with Gasteiger partial charge in [0.25, 0.3) is 0 Å². The van der Waals surface area contributed by atoms with Crippen molar-refractivity contribution in [3.8, 4) is 0 Å². The molecule has 2 aromatic rings. The lowest BCUT2D eigenvalue weighted by atomic mass is 9.92. The van der Waals surface area contributed by atoms with E-state index in [1.54, 1.807) is 4.90 Å². The van der Waals surface area contributed by atoms with E-state index in [1.807, 2.05) is 56.3 Å². The molecule has 1 fully saturated rings. The maximum absolute atomic E-state index is 13.3. The number of esters is 1. The maximum Gasteiger partial charge on any atom is 0.338 e. The number of hydrogen-bond acceptors (Lipinski definition) is 5. The number of hydrogen-bond donors (Lipinski definition) is 0. The van der Waals surface area contributed by atoms with Crippen LogP contribution in [0, 0.1) is 0 Å². The smallest absolute Gasteiger partial charge is 0.338 e. The average Bonchev–Trinajstić information content (AvgIpc) is 3.12. The van der Waals surface area contributed by atoms with E-state index in [4.69, 9.17) is 4.74 Å². The number of carbonyl (C=O) groups is 2. The lowest BCUT2D eigenvalue weighted by Crippen LogP contribution is -2.40. The number of ether oxygens (including phenoxy) is 1. The van der Waals surface area contributed by atoms with Gasteiger partial charge >= 0.3 is 5.97 Å². The summed E-state index contributed by atoms with van der Waals surface area (Å²) in [5.41, 5.74) is 4.03. The van der Waals surface area contributed by atoms with Crippen molar-refractivity contribution in [2.75, 3.05) is 0 Å². The van der Waals surface area contributed by atoms with E-state index in [9.17, 15) is 9.59 Å². The minimum absolute atomic E-state index is 0.00459. The fourth-order valence-corrected chi connectivity index (χ4v) is 5.16. The van der Waals surface area contributed by atoms with Gasteiger partial charge in [-0.1, -0.05) is 87.1 Å². The van der Waals surface area contributed by atoms with Crippen molar-refractivity contribution in [2.24, 2.45) is 4.99 Å². The predicted octanol–water partition coefficient (Wildman–Crippen LogP) is 5.59. The largest absolute Gasteiger partial charge is 0.457 e. The molecule has 1 saturated heterocycles. The van der Waals surface area contributed by atoms with Crippen LogP contribution >= 0.6 is 11.8 Å². The van der Waals surface area contributed by atoms with Crippen molar-refractivity contribution in [1.29, 1.82) is 0 Å². The molecule has 2 heterocycles. The molecule has 2 aliphatic heterocycles. The molecule has 6 heteroatoms. The molecule has 32 heavy (non-hydrogen) atoms. The van der Waals surface area contributed by atoms with Crippen LogP contribution < -0.4 is 0 Å². The van der Waals surface area contributed by atoms with E-state index in [2.05, 4.69) is 31.0 Å². The summed E-state index contributed by atoms with van der Waals surface area (Å²) in [4.78, 5) is 32.9. The van der Waals surface area contributed by atoms with E-state index in [1.165, 1.54) is 17.3 Å². The van der Waals surface area contributed by atoms with Crippen LogP contribution in [0.25, 0.3) is 0 Å². The summed E-state index contributed by atoms with van der Waals surface area (Å²) in [7, 11) is 0. The maximum atomic E-state index is 13.3. The first-order valence-electron chi connectivity index (χ1n) is 11.0. The Morgan fingerprint density at radius 3 is 2.44 bits per heavy atom. The molecule has 0 aliphatic carbocycles. The van der Waals surface area contributed by atoms with Gasteiger partial charge in [0.1, 0.15) is 6.61 Å². The van der Waals surface area contributed by atoms with Crippen molar-refractivity contribution in [1.82, 2.24) is 4.90 Å². The second-order valence-corrected chi connectivity index (χ2v) is 9.57. The van der Waals surface area contributed by atoms with Gasteiger partial charge in [0.05, 0.1) is 22.6 Å². The molecular weight excluding hydrogens is 420 g/mol. The highest BCUT2D eigenvalue weighted by atomic mass is 32.2. The van der Waals surface area contributed by atoms with Gasteiger partial charge in [-0.15, -0.1) is 0 Å². The summed E-state index contributed by atoms with van der Waals surface area (Å²) >= 11 is 1.48. The molecule has 166 valence electrons. The van der Waals surface area contributed by atoms with Crippen LogP contribution in [0.4, 0.5) is 0 Å². The number of thioether (sulfide) groups is 1. The number of carbonyl (C=O) groups excluding carboxylic acids is 2. The van der Waals surface area contributed by atoms with Crippen LogP contribution in [-0.2, 0) is 20.9 Å². The third-order valence-corrected chi connectivity index (χ3v) is 7.19. The van der Waals surface area contributed by atoms with Crippen LogP contribution in [-0.4, -0.2) is 27.2 Å². The highest BCUT2D eigenvalue weighted by Crippen LogP contribution is 2.44. The molecule has 1 amide bonds. The van der Waals surface area contributed by atoms with Gasteiger partial charge in [-0.25, -0.2) is 9.79 Å². The van der Waals surface area contributed by atoms with Gasteiger partial charge in [-0.2, -0.15) is 0 Å². The van der Waals surface area contributed by atoms with Crippen LogP contribution in [0.15, 0.2) is 70.9 Å². The first-order valence-corrected chi connectivity index (χ1v) is 11.9. The predicted molar refractivity (Wildman–Crippen MR) is 128 cm³/mol. The molecule has 4 rings (SSSR count). The van der Waals surface area contributed by atoms with Gasteiger partial charge in [0, 0.05) is 0 Å². The van der Waals surface area contributed by atoms with E-state index in [0.717, 1.165) is 11.1 Å². The van der Waals surface area contributed by atoms with Crippen molar-refractivity contribution in [2.45, 2.75) is 57.9 Å². The van der Waals surface area contributed by atoms with E-state index >= 15 is 0 Å². The summed E-state index contributed by atoms with van der Waals surface area (Å²) < 4.78 is 5.68. The third kappa shape index (κ3) is 4.24. The number of benzene rings is 2. The second kappa shape index (κ2) is 9.33. The molecule has 0 bridgehead atoms. The highest BCUT2D eigenvalue weighted by molar-refractivity contribution is 8.15. The topological polar surface area (TPSA) is 59.0 Å². The van der Waals surface area contributed by atoms with Crippen molar-refractivity contribution >= 4 is 28.8 Å². The van der Waals surface area contributed by atoms with Crippen molar-refractivity contribution in [3.63, 3.8) is 0 Å². The number of rotatable bonds is 6. The molecule has 5 nitrogen and oxygen atoms in total. The molecule has 0 aromatic heterocycles. The van der Waals surface area contributed by atoms with Gasteiger partial charge in [0.15, 0.2) is 5.17 Å². The van der Waals surface area contributed by atoms with E-state index < -0.39 is 12.0 Å². The van der Waals surface area contributed by atoms with Gasteiger partial charge in [0.2, 0.25) is 5.91 Å². The Kier molecular flexibility index (Phi) is 6.51. The van der Waals surface area contributed by atoms with Gasteiger partial charge in [-0.05, 0) is 36.0 Å². The summed E-state index contributed by atoms with van der Waals surface area (Å²) in [6, 6.07) is 17.2. The normalized spacial score (nSPS) is 20.5. The van der Waals surface area contributed by atoms with Gasteiger partial charge < -0.3 is 4.74 Å². The number of fused-ring (bicyclic) bond motifs is 1. The van der Waals surface area contributed by atoms with Gasteiger partial charge in [-0.3, -0.25) is 9.69 Å².